The van der Waals surface area contributed by atoms with Gasteiger partial charge in [0.2, 0.25) is 5.91 Å². The Morgan fingerprint density at radius 3 is 2.55 bits per heavy atom. The average Bonchev–Trinajstić information content (AvgIpc) is 3.59. The summed E-state index contributed by atoms with van der Waals surface area (Å²) in [6, 6.07) is 11.2. The molecule has 0 spiro atoms. The number of hydrogen-bond donors (Lipinski definition) is 3. The first kappa shape index (κ1) is 35.2. The molecule has 2 aliphatic heterocycles. The van der Waals surface area contributed by atoms with E-state index in [9.17, 15) is 19.5 Å². The van der Waals surface area contributed by atoms with Crippen LogP contribution < -0.4 is 15.4 Å². The zero-order chi connectivity index (χ0) is 35.3. The highest BCUT2D eigenvalue weighted by Crippen LogP contribution is 2.65. The maximum absolute atomic E-state index is 13.7. The second-order valence-electron chi connectivity index (χ2n) is 15.9. The second-order valence-corrected chi connectivity index (χ2v) is 15.9. The third-order valence-corrected chi connectivity index (χ3v) is 11.1. The Hall–Kier alpha value is -3.61. The molecular weight excluding hydrogens is 625 g/mol. The van der Waals surface area contributed by atoms with E-state index in [-0.39, 0.29) is 41.6 Å². The summed E-state index contributed by atoms with van der Waals surface area (Å²) in [5, 5.41) is 15.8. The number of aromatic carboxylic acids is 1. The van der Waals surface area contributed by atoms with E-state index in [0.717, 1.165) is 37.1 Å². The van der Waals surface area contributed by atoms with E-state index in [1.165, 1.54) is 18.7 Å². The largest absolute Gasteiger partial charge is 0.496 e. The number of methoxy groups -OCH3 is 1. The third kappa shape index (κ3) is 7.18. The quantitative estimate of drug-likeness (QED) is 0.288. The van der Waals surface area contributed by atoms with E-state index < -0.39 is 36.3 Å². The topological polar surface area (TPSA) is 136 Å². The number of nitrogens with zero attached hydrogens (tertiary/aromatic N) is 1. The number of benzene rings is 2. The minimum atomic E-state index is -1.08. The fourth-order valence-corrected chi connectivity index (χ4v) is 8.54. The van der Waals surface area contributed by atoms with Crippen molar-refractivity contribution < 1.29 is 38.3 Å². The minimum absolute atomic E-state index is 0.0642. The normalized spacial score (nSPS) is 25.9. The first-order valence-electron chi connectivity index (χ1n) is 17.4. The smallest absolute Gasteiger partial charge is 0.482 e. The molecule has 5 atom stereocenters. The van der Waals surface area contributed by atoms with Crippen molar-refractivity contribution in [1.82, 2.24) is 15.5 Å². The Morgan fingerprint density at radius 2 is 1.86 bits per heavy atom. The summed E-state index contributed by atoms with van der Waals surface area (Å²) < 4.78 is 24.3. The molecule has 49 heavy (non-hydrogen) atoms. The van der Waals surface area contributed by atoms with Gasteiger partial charge in [-0.3, -0.25) is 9.69 Å². The third-order valence-electron chi connectivity index (χ3n) is 11.1. The number of rotatable bonds is 11. The van der Waals surface area contributed by atoms with Crippen LogP contribution in [0, 0.1) is 17.3 Å². The highest BCUT2D eigenvalue weighted by molar-refractivity contribution is 6.48. The second kappa shape index (κ2) is 13.3. The zero-order valence-corrected chi connectivity index (χ0v) is 29.8. The summed E-state index contributed by atoms with van der Waals surface area (Å²) in [4.78, 5) is 40.0. The molecule has 1 saturated heterocycles. The van der Waals surface area contributed by atoms with Crippen LogP contribution in [0.3, 0.4) is 0 Å². The van der Waals surface area contributed by atoms with Crippen LogP contribution in [-0.2, 0) is 44.8 Å². The first-order chi connectivity index (χ1) is 23.1. The molecular formula is C37H50BN3O8. The maximum atomic E-state index is 13.7. The molecule has 5 unspecified atom stereocenters. The summed E-state index contributed by atoms with van der Waals surface area (Å²) in [5.41, 5.74) is 3.14. The molecule has 3 saturated carbocycles. The van der Waals surface area contributed by atoms with Crippen LogP contribution in [0.4, 0.5) is 4.79 Å². The average molecular weight is 676 g/mol. The van der Waals surface area contributed by atoms with Gasteiger partial charge in [0.25, 0.3) is 0 Å². The number of ether oxygens (including phenoxy) is 2. The van der Waals surface area contributed by atoms with Gasteiger partial charge in [0.1, 0.15) is 16.9 Å². The maximum Gasteiger partial charge on any atom is 0.482 e. The van der Waals surface area contributed by atoms with Crippen molar-refractivity contribution in [2.24, 2.45) is 17.3 Å². The molecule has 0 radical (unpaired) electrons. The number of hydrogen-bond acceptors (Lipinski definition) is 8. The van der Waals surface area contributed by atoms with E-state index >= 15 is 0 Å². The SMILES string of the molecule is COc1c(CC(NC(=O)Cc2ccc3c(c2)CN(CCNC(=O)OC(C)(C)C)C3)B2OC3CC4CC(C4(C)C)C3(C)O2)cccc1C(=O)O. The lowest BCUT2D eigenvalue weighted by molar-refractivity contribution is -0.199. The zero-order valence-electron chi connectivity index (χ0n) is 29.8. The fourth-order valence-electron chi connectivity index (χ4n) is 8.54. The van der Waals surface area contributed by atoms with Crippen molar-refractivity contribution in [3.63, 3.8) is 0 Å². The molecule has 5 aliphatic rings. The fraction of sp³-hybridized carbons (Fsp3) is 0.595. The standard InChI is InChI=1S/C37H50BN3O8/c1-35(2,3)47-34(45)39-13-14-41-20-24-12-11-22(15-25(24)21-41)16-31(42)40-30(17-23-9-8-10-27(33(43)44)32(23)46-7)38-48-29-19-26-18-28(36(26,4)5)37(29,6)49-38/h8-12,15,26,28-30H,13-14,16-21H2,1-7H3,(H,39,45)(H,40,42)(H,43,44). The molecule has 2 aromatic rings. The van der Waals surface area contributed by atoms with Crippen molar-refractivity contribution in [2.75, 3.05) is 20.2 Å². The van der Waals surface area contributed by atoms with Gasteiger partial charge in [-0.25, -0.2) is 9.59 Å². The molecule has 2 amide bonds. The lowest BCUT2D eigenvalue weighted by Gasteiger charge is -2.64. The predicted octanol–water partition coefficient (Wildman–Crippen LogP) is 4.77. The van der Waals surface area contributed by atoms with Crippen molar-refractivity contribution in [1.29, 1.82) is 0 Å². The highest BCUT2D eigenvalue weighted by atomic mass is 16.7. The van der Waals surface area contributed by atoms with E-state index in [1.807, 2.05) is 32.9 Å². The van der Waals surface area contributed by atoms with Crippen LogP contribution in [-0.4, -0.2) is 78.5 Å². The van der Waals surface area contributed by atoms with Crippen LogP contribution >= 0.6 is 0 Å². The number of fused-ring (bicyclic) bond motifs is 1. The molecule has 11 nitrogen and oxygen atoms in total. The monoisotopic (exact) mass is 675 g/mol. The molecule has 2 aromatic carbocycles. The van der Waals surface area contributed by atoms with Crippen LogP contribution in [0.2, 0.25) is 0 Å². The summed E-state index contributed by atoms with van der Waals surface area (Å²) in [6.45, 7) is 14.9. The van der Waals surface area contributed by atoms with E-state index in [4.69, 9.17) is 18.8 Å². The molecule has 2 bridgehead atoms. The van der Waals surface area contributed by atoms with Gasteiger partial charge < -0.3 is 34.5 Å². The van der Waals surface area contributed by atoms with Gasteiger partial charge in [-0.1, -0.05) is 44.2 Å². The van der Waals surface area contributed by atoms with Gasteiger partial charge in [0.05, 0.1) is 31.2 Å². The number of carbonyl (C=O) groups excluding carboxylic acids is 2. The molecule has 7 rings (SSSR count). The van der Waals surface area contributed by atoms with E-state index in [2.05, 4.69) is 48.4 Å². The number of nitrogens with one attached hydrogen (secondary N) is 2. The van der Waals surface area contributed by atoms with Crippen molar-refractivity contribution in [3.05, 3.63) is 64.2 Å². The van der Waals surface area contributed by atoms with E-state index in [0.29, 0.717) is 30.5 Å². The van der Waals surface area contributed by atoms with Crippen molar-refractivity contribution >= 4 is 25.1 Å². The van der Waals surface area contributed by atoms with Gasteiger partial charge in [-0.05, 0) is 92.5 Å². The summed E-state index contributed by atoms with van der Waals surface area (Å²) in [5.74, 6) is -0.627. The Labute approximate surface area is 289 Å². The molecule has 264 valence electrons. The first-order valence-corrected chi connectivity index (χ1v) is 17.4. The highest BCUT2D eigenvalue weighted by Gasteiger charge is 2.68. The number of alkyl carbamates (subject to hydrolysis) is 1. The van der Waals surface area contributed by atoms with Crippen molar-refractivity contribution in [3.8, 4) is 5.75 Å². The lowest BCUT2D eigenvalue weighted by Crippen LogP contribution is -2.65. The summed E-state index contributed by atoms with van der Waals surface area (Å²) in [6.07, 6.45) is 1.97. The number of amides is 2. The Bertz CT molecular complexity index is 1610. The van der Waals surface area contributed by atoms with E-state index in [1.54, 1.807) is 6.07 Å². The molecule has 0 aromatic heterocycles. The van der Waals surface area contributed by atoms with Crippen LogP contribution in [0.1, 0.15) is 87.0 Å². The number of carboxylic acids is 1. The Balaban J connectivity index is 1.13. The Morgan fingerprint density at radius 1 is 1.10 bits per heavy atom. The molecule has 2 heterocycles. The molecule has 4 fully saturated rings. The number of para-hydroxylation sites is 1. The molecule has 3 aliphatic carbocycles. The van der Waals surface area contributed by atoms with Gasteiger partial charge in [-0.2, -0.15) is 0 Å². The van der Waals surface area contributed by atoms with Gasteiger partial charge in [0.15, 0.2) is 0 Å². The van der Waals surface area contributed by atoms with Crippen LogP contribution in [0.15, 0.2) is 36.4 Å². The van der Waals surface area contributed by atoms with Gasteiger partial charge >= 0.3 is 19.2 Å². The Kier molecular flexibility index (Phi) is 9.54. The predicted molar refractivity (Wildman–Crippen MR) is 184 cm³/mol. The summed E-state index contributed by atoms with van der Waals surface area (Å²) >= 11 is 0. The molecule has 12 heteroatoms. The number of carboxylic acid groups (broad SMARTS) is 1. The van der Waals surface area contributed by atoms with Crippen LogP contribution in [0.5, 0.6) is 5.75 Å². The van der Waals surface area contributed by atoms with Gasteiger partial charge in [-0.15, -0.1) is 0 Å². The van der Waals surface area contributed by atoms with Crippen molar-refractivity contribution in [2.45, 2.75) is 104 Å². The van der Waals surface area contributed by atoms with Crippen LogP contribution in [0.25, 0.3) is 0 Å². The minimum Gasteiger partial charge on any atom is -0.496 e. The lowest BCUT2D eigenvalue weighted by atomic mass is 9.43. The number of carbonyl (C=O) groups is 3. The molecule has 3 N–H and O–H groups in total. The van der Waals surface area contributed by atoms with Gasteiger partial charge in [0, 0.05) is 26.2 Å². The summed E-state index contributed by atoms with van der Waals surface area (Å²) in [7, 11) is 0.758.